The summed E-state index contributed by atoms with van der Waals surface area (Å²) < 4.78 is 0. The van der Waals surface area contributed by atoms with Crippen LogP contribution in [0.5, 0.6) is 0 Å². The molecular weight excluding hydrogens is 442 g/mol. The molecule has 2 rings (SSSR count). The number of amides is 3. The van der Waals surface area contributed by atoms with Crippen LogP contribution in [0.4, 0.5) is 4.79 Å². The molecule has 6 heteroatoms. The van der Waals surface area contributed by atoms with Crippen LogP contribution in [0, 0.1) is 0 Å². The molecule has 0 spiro atoms. The molecule has 2 heterocycles. The summed E-state index contributed by atoms with van der Waals surface area (Å²) in [5.74, 6) is 1.20. The topological polar surface area (TPSA) is 70.2 Å². The van der Waals surface area contributed by atoms with Gasteiger partial charge in [0.25, 0.3) is 0 Å². The summed E-state index contributed by atoms with van der Waals surface area (Å²) >= 11 is 1.95. The first-order chi connectivity index (χ1) is 16.7. The van der Waals surface area contributed by atoms with Crippen molar-refractivity contribution in [1.82, 2.24) is 16.0 Å². The lowest BCUT2D eigenvalue weighted by molar-refractivity contribution is -0.121. The van der Waals surface area contributed by atoms with Crippen LogP contribution in [0.15, 0.2) is 12.2 Å². The van der Waals surface area contributed by atoms with Crippen molar-refractivity contribution in [2.75, 3.05) is 12.3 Å². The molecule has 0 unspecified atom stereocenters. The lowest BCUT2D eigenvalue weighted by Gasteiger charge is -2.16. The van der Waals surface area contributed by atoms with Crippen molar-refractivity contribution in [2.24, 2.45) is 0 Å². The van der Waals surface area contributed by atoms with E-state index in [0.29, 0.717) is 17.7 Å². The lowest BCUT2D eigenvalue weighted by Crippen LogP contribution is -2.36. The summed E-state index contributed by atoms with van der Waals surface area (Å²) in [4.78, 5) is 23.5. The standard InChI is InChI=1S/C28H51N3O2S/c1-2-3-4-5-6-7-8-9-10-11-12-13-14-15-16-19-22-29-26(32)21-18-17-20-25-27-24(23-34-25)30-28(33)31-27/h9-10,24-25,27H,2-8,11-23H2,1H3,(H,29,32)(H2,30,31,33)/b10-9-/t24-,25-,27-/m0/s1. The Morgan fingerprint density at radius 1 is 0.882 bits per heavy atom. The number of fused-ring (bicyclic) bond motifs is 1. The number of unbranched alkanes of at least 4 members (excludes halogenated alkanes) is 13. The summed E-state index contributed by atoms with van der Waals surface area (Å²) in [6.45, 7) is 3.09. The lowest BCUT2D eigenvalue weighted by atomic mass is 10.0. The number of rotatable bonds is 21. The first-order valence-electron chi connectivity index (χ1n) is 14.3. The number of urea groups is 1. The Balaban J connectivity index is 1.28. The monoisotopic (exact) mass is 493 g/mol. The minimum absolute atomic E-state index is 0.0223. The molecular formula is C28H51N3O2S. The van der Waals surface area contributed by atoms with E-state index in [-0.39, 0.29) is 18.0 Å². The van der Waals surface area contributed by atoms with Gasteiger partial charge in [0.15, 0.2) is 0 Å². The van der Waals surface area contributed by atoms with Gasteiger partial charge in [0.1, 0.15) is 0 Å². The minimum Gasteiger partial charge on any atom is -0.356 e. The molecule has 0 aromatic heterocycles. The Labute approximate surface area is 213 Å². The summed E-state index contributed by atoms with van der Waals surface area (Å²) in [5, 5.41) is 9.59. The van der Waals surface area contributed by atoms with Gasteiger partial charge in [-0.15, -0.1) is 0 Å². The Kier molecular flexibility index (Phi) is 16.3. The van der Waals surface area contributed by atoms with E-state index in [9.17, 15) is 9.59 Å². The predicted molar refractivity (Wildman–Crippen MR) is 146 cm³/mol. The molecule has 196 valence electrons. The van der Waals surface area contributed by atoms with Crippen molar-refractivity contribution in [1.29, 1.82) is 0 Å². The Hall–Kier alpha value is -1.17. The molecule has 2 saturated heterocycles. The van der Waals surface area contributed by atoms with Crippen LogP contribution < -0.4 is 16.0 Å². The van der Waals surface area contributed by atoms with Gasteiger partial charge >= 0.3 is 6.03 Å². The minimum atomic E-state index is -0.0223. The van der Waals surface area contributed by atoms with Crippen molar-refractivity contribution in [3.05, 3.63) is 12.2 Å². The average molecular weight is 494 g/mol. The fourth-order valence-electron chi connectivity index (χ4n) is 4.96. The number of carbonyl (C=O) groups is 2. The number of thioether (sulfide) groups is 1. The van der Waals surface area contributed by atoms with E-state index in [0.717, 1.165) is 38.0 Å². The van der Waals surface area contributed by atoms with E-state index in [1.165, 1.54) is 83.5 Å². The zero-order valence-electron chi connectivity index (χ0n) is 21.8. The van der Waals surface area contributed by atoms with Crippen LogP contribution in [-0.4, -0.2) is 41.6 Å². The zero-order valence-corrected chi connectivity index (χ0v) is 22.6. The van der Waals surface area contributed by atoms with E-state index in [2.05, 4.69) is 35.0 Å². The van der Waals surface area contributed by atoms with Gasteiger partial charge in [-0.1, -0.05) is 83.3 Å². The second kappa shape index (κ2) is 19.1. The van der Waals surface area contributed by atoms with Crippen molar-refractivity contribution in [3.63, 3.8) is 0 Å². The highest BCUT2D eigenvalue weighted by molar-refractivity contribution is 8.00. The third-order valence-corrected chi connectivity index (χ3v) is 8.60. The second-order valence-corrected chi connectivity index (χ2v) is 11.4. The summed E-state index contributed by atoms with van der Waals surface area (Å²) in [6.07, 6.45) is 26.8. The maximum atomic E-state index is 12.0. The SMILES string of the molecule is CCCCCCCC/C=C\CCCCCCCCNC(=O)CCCC[C@@H]1SC[C@@H]2NC(=O)N[C@@H]21. The van der Waals surface area contributed by atoms with Crippen LogP contribution in [0.3, 0.4) is 0 Å². The zero-order chi connectivity index (χ0) is 24.3. The Morgan fingerprint density at radius 3 is 2.24 bits per heavy atom. The maximum absolute atomic E-state index is 12.0. The molecule has 3 amide bonds. The largest absolute Gasteiger partial charge is 0.356 e. The third-order valence-electron chi connectivity index (χ3n) is 7.09. The molecule has 0 aromatic carbocycles. The first kappa shape index (κ1) is 29.1. The molecule has 2 fully saturated rings. The molecule has 2 aliphatic rings. The van der Waals surface area contributed by atoms with Crippen LogP contribution in [-0.2, 0) is 4.79 Å². The normalized spacial score (nSPS) is 21.6. The first-order valence-corrected chi connectivity index (χ1v) is 15.4. The van der Waals surface area contributed by atoms with Gasteiger partial charge < -0.3 is 16.0 Å². The molecule has 3 atom stereocenters. The molecule has 0 aromatic rings. The van der Waals surface area contributed by atoms with E-state index < -0.39 is 0 Å². The smallest absolute Gasteiger partial charge is 0.315 e. The molecule has 0 radical (unpaired) electrons. The fourth-order valence-corrected chi connectivity index (χ4v) is 6.51. The molecule has 2 aliphatic heterocycles. The van der Waals surface area contributed by atoms with Crippen molar-refractivity contribution in [2.45, 2.75) is 140 Å². The Bertz CT molecular complexity index is 584. The van der Waals surface area contributed by atoms with Crippen molar-refractivity contribution < 1.29 is 9.59 Å². The quantitative estimate of drug-likeness (QED) is 0.0928. The van der Waals surface area contributed by atoms with Gasteiger partial charge in [0.05, 0.1) is 12.1 Å². The molecule has 0 aliphatic carbocycles. The average Bonchev–Trinajstić information content (AvgIpc) is 3.38. The van der Waals surface area contributed by atoms with Gasteiger partial charge in [-0.3, -0.25) is 4.79 Å². The molecule has 0 bridgehead atoms. The van der Waals surface area contributed by atoms with E-state index in [4.69, 9.17) is 0 Å². The summed E-state index contributed by atoms with van der Waals surface area (Å²) in [6, 6.07) is 0.547. The third kappa shape index (κ3) is 13.1. The summed E-state index contributed by atoms with van der Waals surface area (Å²) in [5.41, 5.74) is 0. The fraction of sp³-hybridized carbons (Fsp3) is 0.857. The van der Waals surface area contributed by atoms with E-state index in [1.54, 1.807) is 0 Å². The van der Waals surface area contributed by atoms with Gasteiger partial charge in [-0.05, 0) is 44.9 Å². The maximum Gasteiger partial charge on any atom is 0.315 e. The van der Waals surface area contributed by atoms with Gasteiger partial charge in [0.2, 0.25) is 5.91 Å². The van der Waals surface area contributed by atoms with Crippen LogP contribution in [0.25, 0.3) is 0 Å². The van der Waals surface area contributed by atoms with E-state index >= 15 is 0 Å². The van der Waals surface area contributed by atoms with Crippen LogP contribution in [0.1, 0.15) is 122 Å². The number of hydrogen-bond donors (Lipinski definition) is 3. The van der Waals surface area contributed by atoms with Gasteiger partial charge in [-0.25, -0.2) is 4.79 Å². The molecule has 3 N–H and O–H groups in total. The second-order valence-electron chi connectivity index (χ2n) is 10.2. The predicted octanol–water partition coefficient (Wildman–Crippen LogP) is 6.87. The van der Waals surface area contributed by atoms with Crippen molar-refractivity contribution in [3.8, 4) is 0 Å². The molecule has 5 nitrogen and oxygen atoms in total. The number of carbonyl (C=O) groups excluding carboxylic acids is 2. The molecule has 0 saturated carbocycles. The highest BCUT2D eigenvalue weighted by Gasteiger charge is 2.42. The number of hydrogen-bond acceptors (Lipinski definition) is 3. The van der Waals surface area contributed by atoms with Gasteiger partial charge in [0, 0.05) is 24.0 Å². The van der Waals surface area contributed by atoms with Crippen LogP contribution in [0.2, 0.25) is 0 Å². The Morgan fingerprint density at radius 2 is 1.53 bits per heavy atom. The highest BCUT2D eigenvalue weighted by Crippen LogP contribution is 2.33. The molecule has 34 heavy (non-hydrogen) atoms. The van der Waals surface area contributed by atoms with Gasteiger partial charge in [-0.2, -0.15) is 11.8 Å². The number of allylic oxidation sites excluding steroid dienone is 2. The van der Waals surface area contributed by atoms with Crippen LogP contribution >= 0.6 is 11.8 Å². The summed E-state index contributed by atoms with van der Waals surface area (Å²) in [7, 11) is 0. The highest BCUT2D eigenvalue weighted by atomic mass is 32.2. The van der Waals surface area contributed by atoms with E-state index in [1.807, 2.05) is 11.8 Å². The number of nitrogens with one attached hydrogen (secondary N) is 3. The van der Waals surface area contributed by atoms with Crippen molar-refractivity contribution >= 4 is 23.7 Å².